The van der Waals surface area contributed by atoms with Gasteiger partial charge in [0.25, 0.3) is 10.0 Å². The fourth-order valence-electron chi connectivity index (χ4n) is 3.99. The predicted octanol–water partition coefficient (Wildman–Crippen LogP) is 4.31. The van der Waals surface area contributed by atoms with Crippen LogP contribution in [0.4, 0.5) is 21.5 Å². The molecule has 7 nitrogen and oxygen atoms in total. The molecule has 0 aromatic heterocycles. The normalized spacial score (nSPS) is 14.9. The highest BCUT2D eigenvalue weighted by Gasteiger charge is 2.18. The summed E-state index contributed by atoms with van der Waals surface area (Å²) in [5, 5.41) is 6.54. The number of carbonyl (C=O) groups excluding carboxylic acids is 1. The van der Waals surface area contributed by atoms with Gasteiger partial charge in [0.1, 0.15) is 5.82 Å². The Balaban J connectivity index is 1.35. The van der Waals surface area contributed by atoms with Gasteiger partial charge in [-0.25, -0.2) is 12.8 Å². The summed E-state index contributed by atoms with van der Waals surface area (Å²) in [6, 6.07) is 19.2. The van der Waals surface area contributed by atoms with E-state index in [1.165, 1.54) is 12.1 Å². The minimum atomic E-state index is -3.83. The molecule has 1 aliphatic rings. The maximum absolute atomic E-state index is 13.1. The number of anilines is 3. The minimum absolute atomic E-state index is 0.0325. The standard InChI is InChI=1S/C26H29FN4O3S/c1-31-16-14-21(15-17-31)28-24-4-2-3-5-25(24)29-26(32)18-19-6-10-22(11-7-19)30-35(33,34)23-12-8-20(27)9-13-23/h2-13,21,28,30H,14-18H2,1H3,(H,29,32). The molecular formula is C26H29FN4O3S. The number of halogens is 1. The summed E-state index contributed by atoms with van der Waals surface area (Å²) >= 11 is 0. The fraction of sp³-hybridized carbons (Fsp3) is 0.269. The number of hydrogen-bond donors (Lipinski definition) is 3. The molecule has 1 aliphatic heterocycles. The first-order chi connectivity index (χ1) is 16.8. The van der Waals surface area contributed by atoms with Gasteiger partial charge in [-0.1, -0.05) is 24.3 Å². The summed E-state index contributed by atoms with van der Waals surface area (Å²) in [4.78, 5) is 15.0. The Morgan fingerprint density at radius 2 is 1.57 bits per heavy atom. The van der Waals surface area contributed by atoms with E-state index in [9.17, 15) is 17.6 Å². The van der Waals surface area contributed by atoms with Gasteiger partial charge in [0, 0.05) is 11.7 Å². The molecule has 3 aromatic carbocycles. The maximum atomic E-state index is 13.1. The van der Waals surface area contributed by atoms with Gasteiger partial charge < -0.3 is 15.5 Å². The van der Waals surface area contributed by atoms with Gasteiger partial charge in [0.15, 0.2) is 0 Å². The number of sulfonamides is 1. The van der Waals surface area contributed by atoms with E-state index in [1.54, 1.807) is 24.3 Å². The number of carbonyl (C=O) groups is 1. The SMILES string of the molecule is CN1CCC(Nc2ccccc2NC(=O)Cc2ccc(NS(=O)(=O)c3ccc(F)cc3)cc2)CC1. The molecule has 184 valence electrons. The third-order valence-electron chi connectivity index (χ3n) is 5.97. The molecule has 1 saturated heterocycles. The number of benzene rings is 3. The number of para-hydroxylation sites is 2. The van der Waals surface area contributed by atoms with Gasteiger partial charge in [-0.2, -0.15) is 0 Å². The number of rotatable bonds is 8. The average Bonchev–Trinajstić information content (AvgIpc) is 2.83. The Bertz CT molecular complexity index is 1260. The van der Waals surface area contributed by atoms with Crippen molar-refractivity contribution in [2.75, 3.05) is 35.5 Å². The lowest BCUT2D eigenvalue weighted by molar-refractivity contribution is -0.115. The highest BCUT2D eigenvalue weighted by Crippen LogP contribution is 2.25. The first kappa shape index (κ1) is 24.7. The second-order valence-corrected chi connectivity index (χ2v) is 10.4. The first-order valence-electron chi connectivity index (χ1n) is 11.5. The molecule has 0 aliphatic carbocycles. The van der Waals surface area contributed by atoms with Crippen molar-refractivity contribution in [3.8, 4) is 0 Å². The zero-order valence-corrected chi connectivity index (χ0v) is 20.3. The van der Waals surface area contributed by atoms with Crippen LogP contribution in [0, 0.1) is 5.82 Å². The molecule has 0 radical (unpaired) electrons. The Labute approximate surface area is 205 Å². The van der Waals surface area contributed by atoms with Crippen LogP contribution in [0.5, 0.6) is 0 Å². The third kappa shape index (κ3) is 6.80. The van der Waals surface area contributed by atoms with Crippen molar-refractivity contribution >= 4 is 33.0 Å². The van der Waals surface area contributed by atoms with Crippen LogP contribution in [0.3, 0.4) is 0 Å². The molecule has 1 amide bonds. The zero-order valence-electron chi connectivity index (χ0n) is 19.5. The van der Waals surface area contributed by atoms with Crippen LogP contribution in [0.2, 0.25) is 0 Å². The second kappa shape index (κ2) is 10.9. The lowest BCUT2D eigenvalue weighted by Crippen LogP contribution is -2.36. The molecule has 1 fully saturated rings. The quantitative estimate of drug-likeness (QED) is 0.432. The number of piperidine rings is 1. The van der Waals surface area contributed by atoms with Crippen LogP contribution in [0.25, 0.3) is 0 Å². The van der Waals surface area contributed by atoms with Gasteiger partial charge in [-0.05, 0) is 87.1 Å². The minimum Gasteiger partial charge on any atom is -0.381 e. The molecule has 1 heterocycles. The number of likely N-dealkylation sites (tertiary alicyclic amines) is 1. The topological polar surface area (TPSA) is 90.5 Å². The van der Waals surface area contributed by atoms with Crippen molar-refractivity contribution in [1.29, 1.82) is 0 Å². The summed E-state index contributed by atoms with van der Waals surface area (Å²) in [7, 11) is -1.71. The van der Waals surface area contributed by atoms with Gasteiger partial charge >= 0.3 is 0 Å². The van der Waals surface area contributed by atoms with Gasteiger partial charge in [0.05, 0.1) is 22.7 Å². The largest absolute Gasteiger partial charge is 0.381 e. The van der Waals surface area contributed by atoms with Gasteiger partial charge in [0.2, 0.25) is 5.91 Å². The number of amides is 1. The molecule has 9 heteroatoms. The van der Waals surface area contributed by atoms with E-state index in [4.69, 9.17) is 0 Å². The van der Waals surface area contributed by atoms with E-state index in [0.717, 1.165) is 55.0 Å². The average molecular weight is 497 g/mol. The summed E-state index contributed by atoms with van der Waals surface area (Å²) in [6.45, 7) is 2.09. The third-order valence-corrected chi connectivity index (χ3v) is 7.37. The second-order valence-electron chi connectivity index (χ2n) is 8.75. The van der Waals surface area contributed by atoms with Gasteiger partial charge in [-0.15, -0.1) is 0 Å². The summed E-state index contributed by atoms with van der Waals surface area (Å²) in [6.07, 6.45) is 2.25. The number of hydrogen-bond acceptors (Lipinski definition) is 5. The Hall–Kier alpha value is -3.43. The molecule has 0 atom stereocenters. The fourth-order valence-corrected chi connectivity index (χ4v) is 5.05. The van der Waals surface area contributed by atoms with Crippen molar-refractivity contribution in [2.45, 2.75) is 30.2 Å². The molecule has 0 spiro atoms. The van der Waals surface area contributed by atoms with Crippen LogP contribution in [-0.2, 0) is 21.2 Å². The monoisotopic (exact) mass is 496 g/mol. The Morgan fingerprint density at radius 1 is 0.943 bits per heavy atom. The van der Waals surface area contributed by atoms with Crippen molar-refractivity contribution < 1.29 is 17.6 Å². The van der Waals surface area contributed by atoms with Crippen LogP contribution >= 0.6 is 0 Å². The van der Waals surface area contributed by atoms with Crippen molar-refractivity contribution in [3.63, 3.8) is 0 Å². The first-order valence-corrected chi connectivity index (χ1v) is 13.0. The lowest BCUT2D eigenvalue weighted by Gasteiger charge is -2.30. The van der Waals surface area contributed by atoms with E-state index < -0.39 is 15.8 Å². The highest BCUT2D eigenvalue weighted by molar-refractivity contribution is 7.92. The van der Waals surface area contributed by atoms with E-state index in [-0.39, 0.29) is 17.2 Å². The number of nitrogens with one attached hydrogen (secondary N) is 3. The molecule has 0 unspecified atom stereocenters. The van der Waals surface area contributed by atoms with Crippen molar-refractivity contribution in [3.05, 3.63) is 84.2 Å². The van der Waals surface area contributed by atoms with Crippen molar-refractivity contribution in [2.24, 2.45) is 0 Å². The Morgan fingerprint density at radius 3 is 2.23 bits per heavy atom. The highest BCUT2D eigenvalue weighted by atomic mass is 32.2. The smallest absolute Gasteiger partial charge is 0.261 e. The van der Waals surface area contributed by atoms with E-state index in [0.29, 0.717) is 11.7 Å². The number of nitrogens with zero attached hydrogens (tertiary/aromatic N) is 1. The molecule has 35 heavy (non-hydrogen) atoms. The van der Waals surface area contributed by atoms with Crippen LogP contribution in [0.15, 0.2) is 77.7 Å². The molecule has 3 aromatic rings. The molecular weight excluding hydrogens is 467 g/mol. The molecule has 3 N–H and O–H groups in total. The van der Waals surface area contributed by atoms with Gasteiger partial charge in [-0.3, -0.25) is 9.52 Å². The maximum Gasteiger partial charge on any atom is 0.261 e. The van der Waals surface area contributed by atoms with Crippen LogP contribution in [0.1, 0.15) is 18.4 Å². The molecule has 4 rings (SSSR count). The summed E-state index contributed by atoms with van der Waals surface area (Å²) in [5.74, 6) is -0.672. The van der Waals surface area contributed by atoms with E-state index >= 15 is 0 Å². The Kier molecular flexibility index (Phi) is 7.67. The van der Waals surface area contributed by atoms with Crippen LogP contribution in [-0.4, -0.2) is 45.4 Å². The summed E-state index contributed by atoms with van der Waals surface area (Å²) in [5.41, 5.74) is 2.74. The van der Waals surface area contributed by atoms with E-state index in [1.807, 2.05) is 24.3 Å². The zero-order chi connectivity index (χ0) is 24.8. The van der Waals surface area contributed by atoms with E-state index in [2.05, 4.69) is 27.3 Å². The predicted molar refractivity (Wildman–Crippen MR) is 137 cm³/mol. The molecule has 0 bridgehead atoms. The summed E-state index contributed by atoms with van der Waals surface area (Å²) < 4.78 is 40.5. The lowest BCUT2D eigenvalue weighted by atomic mass is 10.0. The molecule has 0 saturated carbocycles. The van der Waals surface area contributed by atoms with Crippen LogP contribution < -0.4 is 15.4 Å². The van der Waals surface area contributed by atoms with Crippen molar-refractivity contribution in [1.82, 2.24) is 4.90 Å².